The molecule has 0 spiro atoms. The van der Waals surface area contributed by atoms with Crippen molar-refractivity contribution in [3.63, 3.8) is 0 Å². The highest BCUT2D eigenvalue weighted by Crippen LogP contribution is 2.35. The van der Waals surface area contributed by atoms with Gasteiger partial charge in [0, 0.05) is 5.56 Å². The largest absolute Gasteiger partial charge is 0.481 e. The Morgan fingerprint density at radius 2 is 1.76 bits per heavy atom. The number of halogens is 2. The first-order chi connectivity index (χ1) is 9.86. The Morgan fingerprint density at radius 3 is 2.29 bits per heavy atom. The number of carbonyl (C=O) groups is 2. The molecule has 0 unspecified atom stereocenters. The van der Waals surface area contributed by atoms with Crippen LogP contribution >= 0.6 is 0 Å². The lowest BCUT2D eigenvalue weighted by molar-refractivity contribution is -0.150. The van der Waals surface area contributed by atoms with Crippen LogP contribution < -0.4 is 5.32 Å². The highest BCUT2D eigenvalue weighted by Gasteiger charge is 2.46. The second kappa shape index (κ2) is 5.79. The third-order valence-electron chi connectivity index (χ3n) is 3.85. The van der Waals surface area contributed by atoms with Gasteiger partial charge >= 0.3 is 11.9 Å². The number of hydrogen-bond acceptors (Lipinski definition) is 2. The zero-order chi connectivity index (χ0) is 15.5. The summed E-state index contributed by atoms with van der Waals surface area (Å²) in [6, 6.07) is 6.80. The Balaban J connectivity index is 2.17. The number of benzene rings is 1. The first-order valence-corrected chi connectivity index (χ1v) is 6.83. The maximum Gasteiger partial charge on any atom is 0.349 e. The van der Waals surface area contributed by atoms with Crippen molar-refractivity contribution in [1.82, 2.24) is 5.32 Å². The molecule has 1 aliphatic rings. The standard InChI is InChI=1S/C15H17F2NO3/c16-15(17,11-6-2-1-3-7-11)13(21)18-14(10-12(19)20)8-4-5-9-14/h1-3,6-7H,4-5,8-10H2,(H,18,21)(H,19,20). The molecule has 0 aliphatic heterocycles. The number of hydrogen-bond donors (Lipinski definition) is 2. The van der Waals surface area contributed by atoms with Crippen LogP contribution in [0.3, 0.4) is 0 Å². The number of carboxylic acid groups (broad SMARTS) is 1. The van der Waals surface area contributed by atoms with Crippen LogP contribution in [0, 0.1) is 0 Å². The van der Waals surface area contributed by atoms with Gasteiger partial charge in [0.25, 0.3) is 5.91 Å². The molecule has 4 nitrogen and oxygen atoms in total. The summed E-state index contributed by atoms with van der Waals surface area (Å²) in [7, 11) is 0. The highest BCUT2D eigenvalue weighted by molar-refractivity contribution is 5.86. The summed E-state index contributed by atoms with van der Waals surface area (Å²) in [5.41, 5.74) is -1.45. The van der Waals surface area contributed by atoms with Crippen LogP contribution in [0.5, 0.6) is 0 Å². The highest BCUT2D eigenvalue weighted by atomic mass is 19.3. The van der Waals surface area contributed by atoms with Gasteiger partial charge in [-0.1, -0.05) is 43.2 Å². The van der Waals surface area contributed by atoms with Gasteiger partial charge in [-0.15, -0.1) is 0 Å². The van der Waals surface area contributed by atoms with E-state index in [0.29, 0.717) is 12.8 Å². The van der Waals surface area contributed by atoms with Crippen LogP contribution in [-0.4, -0.2) is 22.5 Å². The fraction of sp³-hybridized carbons (Fsp3) is 0.467. The molecule has 1 aromatic rings. The van der Waals surface area contributed by atoms with Crippen molar-refractivity contribution in [3.8, 4) is 0 Å². The first kappa shape index (κ1) is 15.4. The molecule has 1 aromatic carbocycles. The molecular weight excluding hydrogens is 280 g/mol. The van der Waals surface area contributed by atoms with Crippen LogP contribution in [0.25, 0.3) is 0 Å². The SMILES string of the molecule is O=C(O)CC1(NC(=O)C(F)(F)c2ccccc2)CCCC1. The Hall–Kier alpha value is -1.98. The van der Waals surface area contributed by atoms with Gasteiger partial charge in [0.15, 0.2) is 0 Å². The first-order valence-electron chi connectivity index (χ1n) is 6.83. The van der Waals surface area contributed by atoms with Crippen molar-refractivity contribution in [2.24, 2.45) is 0 Å². The maximum absolute atomic E-state index is 14.2. The van der Waals surface area contributed by atoms with Gasteiger partial charge in [0.1, 0.15) is 0 Å². The number of carbonyl (C=O) groups excluding carboxylic acids is 1. The van der Waals surface area contributed by atoms with Crippen LogP contribution in [0.1, 0.15) is 37.7 Å². The lowest BCUT2D eigenvalue weighted by Gasteiger charge is -2.30. The third-order valence-corrected chi connectivity index (χ3v) is 3.85. The summed E-state index contributed by atoms with van der Waals surface area (Å²) in [5.74, 6) is -6.20. The molecule has 1 aliphatic carbocycles. The van der Waals surface area contributed by atoms with Crippen molar-refractivity contribution in [2.75, 3.05) is 0 Å². The van der Waals surface area contributed by atoms with Crippen LogP contribution in [-0.2, 0) is 15.5 Å². The molecule has 114 valence electrons. The molecule has 0 heterocycles. The molecule has 0 bridgehead atoms. The summed E-state index contributed by atoms with van der Waals surface area (Å²) in [4.78, 5) is 22.9. The van der Waals surface area contributed by atoms with E-state index in [1.807, 2.05) is 0 Å². The number of aliphatic carboxylic acids is 1. The Labute approximate surface area is 121 Å². The Bertz CT molecular complexity index is 525. The molecule has 0 radical (unpaired) electrons. The Morgan fingerprint density at radius 1 is 1.19 bits per heavy atom. The van der Waals surface area contributed by atoms with E-state index < -0.39 is 28.9 Å². The maximum atomic E-state index is 14.2. The molecule has 1 amide bonds. The molecule has 0 aromatic heterocycles. The molecule has 6 heteroatoms. The zero-order valence-electron chi connectivity index (χ0n) is 11.4. The van der Waals surface area contributed by atoms with Crippen LogP contribution in [0.4, 0.5) is 8.78 Å². The zero-order valence-corrected chi connectivity index (χ0v) is 11.4. The third kappa shape index (κ3) is 3.37. The molecule has 21 heavy (non-hydrogen) atoms. The fourth-order valence-corrected chi connectivity index (χ4v) is 2.79. The van der Waals surface area contributed by atoms with E-state index in [4.69, 9.17) is 5.11 Å². The van der Waals surface area contributed by atoms with Gasteiger partial charge in [-0.2, -0.15) is 8.78 Å². The second-order valence-electron chi connectivity index (χ2n) is 5.45. The average molecular weight is 297 g/mol. The fourth-order valence-electron chi connectivity index (χ4n) is 2.79. The predicted molar refractivity (Wildman–Crippen MR) is 71.9 cm³/mol. The Kier molecular flexibility index (Phi) is 4.25. The number of carboxylic acids is 1. The summed E-state index contributed by atoms with van der Waals surface area (Å²) in [6.07, 6.45) is 1.95. The van der Waals surface area contributed by atoms with Gasteiger partial charge in [0.05, 0.1) is 12.0 Å². The second-order valence-corrected chi connectivity index (χ2v) is 5.45. The minimum Gasteiger partial charge on any atom is -0.481 e. The molecule has 2 N–H and O–H groups in total. The smallest absolute Gasteiger partial charge is 0.349 e. The lowest BCUT2D eigenvalue weighted by atomic mass is 9.92. The van der Waals surface area contributed by atoms with E-state index in [0.717, 1.165) is 12.8 Å². The monoisotopic (exact) mass is 297 g/mol. The minimum absolute atomic E-state index is 0.330. The van der Waals surface area contributed by atoms with Gasteiger partial charge in [-0.25, -0.2) is 0 Å². The summed E-state index contributed by atoms with van der Waals surface area (Å²) in [6.45, 7) is 0. The van der Waals surface area contributed by atoms with Crippen molar-refractivity contribution in [2.45, 2.75) is 43.6 Å². The van der Waals surface area contributed by atoms with E-state index in [2.05, 4.69) is 5.32 Å². The molecule has 0 atom stereocenters. The van der Waals surface area contributed by atoms with Crippen molar-refractivity contribution in [3.05, 3.63) is 35.9 Å². The van der Waals surface area contributed by atoms with Crippen molar-refractivity contribution in [1.29, 1.82) is 0 Å². The summed E-state index contributed by atoms with van der Waals surface area (Å²) in [5, 5.41) is 11.2. The van der Waals surface area contributed by atoms with Crippen LogP contribution in [0.15, 0.2) is 30.3 Å². The van der Waals surface area contributed by atoms with Gasteiger partial charge in [0.2, 0.25) is 0 Å². The van der Waals surface area contributed by atoms with E-state index in [1.54, 1.807) is 6.07 Å². The molecule has 1 fully saturated rings. The minimum atomic E-state index is -3.67. The summed E-state index contributed by atoms with van der Waals surface area (Å²) < 4.78 is 28.3. The van der Waals surface area contributed by atoms with Crippen molar-refractivity contribution < 1.29 is 23.5 Å². The number of nitrogens with one attached hydrogen (secondary N) is 1. The number of alkyl halides is 2. The molecule has 1 saturated carbocycles. The van der Waals surface area contributed by atoms with Gasteiger partial charge < -0.3 is 10.4 Å². The lowest BCUT2D eigenvalue weighted by Crippen LogP contribution is -2.52. The molecular formula is C15H17F2NO3. The average Bonchev–Trinajstić information content (AvgIpc) is 2.87. The van der Waals surface area contributed by atoms with Crippen molar-refractivity contribution >= 4 is 11.9 Å². The molecule has 0 saturated heterocycles. The van der Waals surface area contributed by atoms with E-state index in [9.17, 15) is 18.4 Å². The van der Waals surface area contributed by atoms with E-state index in [-0.39, 0.29) is 6.42 Å². The molecule has 2 rings (SSSR count). The van der Waals surface area contributed by atoms with Crippen LogP contribution in [0.2, 0.25) is 0 Å². The number of amides is 1. The topological polar surface area (TPSA) is 66.4 Å². The van der Waals surface area contributed by atoms with Gasteiger partial charge in [-0.3, -0.25) is 9.59 Å². The summed E-state index contributed by atoms with van der Waals surface area (Å²) >= 11 is 0. The van der Waals surface area contributed by atoms with E-state index in [1.165, 1.54) is 24.3 Å². The number of rotatable bonds is 5. The van der Waals surface area contributed by atoms with E-state index >= 15 is 0 Å². The quantitative estimate of drug-likeness (QED) is 0.878. The predicted octanol–water partition coefficient (Wildman–Crippen LogP) is 2.68. The van der Waals surface area contributed by atoms with Gasteiger partial charge in [-0.05, 0) is 12.8 Å². The normalized spacial score (nSPS) is 17.4.